The molecule has 0 radical (unpaired) electrons. The van der Waals surface area contributed by atoms with Crippen LogP contribution in [0.5, 0.6) is 0 Å². The van der Waals surface area contributed by atoms with Gasteiger partial charge in [-0.2, -0.15) is 0 Å². The molecule has 40 heavy (non-hydrogen) atoms. The summed E-state index contributed by atoms with van der Waals surface area (Å²) >= 11 is 0. The molecule has 2 aliphatic carbocycles. The molecule has 0 unspecified atom stereocenters. The quantitative estimate of drug-likeness (QED) is 0.323. The summed E-state index contributed by atoms with van der Waals surface area (Å²) in [7, 11) is -3.00. The summed E-state index contributed by atoms with van der Waals surface area (Å²) < 4.78 is 77.2. The van der Waals surface area contributed by atoms with Crippen molar-refractivity contribution in [3.05, 3.63) is 71.8 Å². The Hall–Kier alpha value is -3.93. The van der Waals surface area contributed by atoms with Crippen LogP contribution in [-0.4, -0.2) is 41.5 Å². The van der Waals surface area contributed by atoms with Crippen molar-refractivity contribution in [2.24, 2.45) is 17.8 Å². The minimum Gasteiger partial charge on any atom is -0.469 e. The zero-order chi connectivity index (χ0) is 28.3. The van der Waals surface area contributed by atoms with Crippen LogP contribution in [0.15, 0.2) is 53.7 Å². The number of nitrogens with zero attached hydrogens (tertiary/aromatic N) is 3. The highest BCUT2D eigenvalue weighted by Gasteiger charge is 2.51. The second kappa shape index (κ2) is 9.61. The number of anilines is 1. The molecule has 0 aliphatic heterocycles. The Kier molecular flexibility index (Phi) is 6.32. The minimum absolute atomic E-state index is 0.00963. The molecule has 8 nitrogen and oxygen atoms in total. The van der Waals surface area contributed by atoms with E-state index in [1.807, 2.05) is 0 Å². The maximum atomic E-state index is 15.1. The predicted molar refractivity (Wildman–Crippen MR) is 140 cm³/mol. The van der Waals surface area contributed by atoms with E-state index in [0.29, 0.717) is 6.07 Å². The maximum Gasteiger partial charge on any atom is 0.311 e. The summed E-state index contributed by atoms with van der Waals surface area (Å²) in [4.78, 5) is 20.7. The number of hydrogen-bond acceptors (Lipinski definition) is 7. The largest absolute Gasteiger partial charge is 0.469 e. The standard InChI is InChI=1S/C28H25F3N4O4S/c1-14-3-7-18(8-4-14)40(37,38)35-13-20(19-10-17(29)11-21(30)25(19)35)26-32-12-22(31)27(34-26)33-24-16-6-5-15(9-16)23(24)28(36)39-2/h3-4,7-8,10-13,15-16,23-24H,5-6,9H2,1-2H3,(H,32,33,34)/t15-,16+,23+,24+/m1/s1. The summed E-state index contributed by atoms with van der Waals surface area (Å²) in [5.74, 6) is -3.76. The van der Waals surface area contributed by atoms with E-state index >= 15 is 4.39 Å². The number of methoxy groups -OCH3 is 1. The van der Waals surface area contributed by atoms with Gasteiger partial charge in [-0.1, -0.05) is 17.7 Å². The number of carbonyl (C=O) groups excluding carboxylic acids is 1. The van der Waals surface area contributed by atoms with Crippen LogP contribution in [0.25, 0.3) is 22.3 Å². The van der Waals surface area contributed by atoms with Crippen LogP contribution in [0, 0.1) is 42.1 Å². The first-order valence-corrected chi connectivity index (χ1v) is 14.2. The number of aromatic nitrogens is 3. The average Bonchev–Trinajstić information content (AvgIpc) is 3.64. The van der Waals surface area contributed by atoms with E-state index in [1.165, 1.54) is 19.2 Å². The fraction of sp³-hybridized carbons (Fsp3) is 0.321. The number of halogens is 3. The number of carbonyl (C=O) groups is 1. The summed E-state index contributed by atoms with van der Waals surface area (Å²) in [6.45, 7) is 1.80. The summed E-state index contributed by atoms with van der Waals surface area (Å²) in [5.41, 5.74) is 0.429. The van der Waals surface area contributed by atoms with E-state index in [9.17, 15) is 22.0 Å². The van der Waals surface area contributed by atoms with Crippen molar-refractivity contribution in [2.45, 2.75) is 37.1 Å². The molecule has 1 N–H and O–H groups in total. The highest BCUT2D eigenvalue weighted by Crippen LogP contribution is 2.50. The smallest absolute Gasteiger partial charge is 0.311 e. The SMILES string of the molecule is COC(=O)[C@H]1[C@@H]2CC[C@@H](C2)[C@@H]1Nc1nc(-c2cn(S(=O)(=O)c3ccc(C)cc3)c3c(F)cc(F)cc23)ncc1F. The fourth-order valence-corrected chi connectivity index (χ4v) is 7.55. The topological polar surface area (TPSA) is 103 Å². The summed E-state index contributed by atoms with van der Waals surface area (Å²) in [6, 6.07) is 7.15. The number of nitrogens with one attached hydrogen (secondary N) is 1. The molecule has 12 heteroatoms. The first kappa shape index (κ1) is 26.3. The molecule has 208 valence electrons. The minimum atomic E-state index is -4.31. The van der Waals surface area contributed by atoms with Crippen molar-refractivity contribution in [1.82, 2.24) is 13.9 Å². The molecule has 2 aromatic carbocycles. The molecular weight excluding hydrogens is 545 g/mol. The van der Waals surface area contributed by atoms with Crippen molar-refractivity contribution in [1.29, 1.82) is 0 Å². The molecule has 2 aliphatic rings. The molecule has 0 saturated heterocycles. The van der Waals surface area contributed by atoms with E-state index in [0.717, 1.165) is 47.3 Å². The molecule has 4 aromatic rings. The van der Waals surface area contributed by atoms with Crippen molar-refractivity contribution in [3.8, 4) is 11.4 Å². The third-order valence-corrected chi connectivity index (χ3v) is 9.71. The van der Waals surface area contributed by atoms with E-state index in [1.54, 1.807) is 19.1 Å². The van der Waals surface area contributed by atoms with Crippen LogP contribution in [0.1, 0.15) is 24.8 Å². The van der Waals surface area contributed by atoms with E-state index in [2.05, 4.69) is 15.3 Å². The lowest BCUT2D eigenvalue weighted by Crippen LogP contribution is -2.40. The zero-order valence-electron chi connectivity index (χ0n) is 21.6. The monoisotopic (exact) mass is 570 g/mol. The highest BCUT2D eigenvalue weighted by atomic mass is 32.2. The van der Waals surface area contributed by atoms with E-state index < -0.39 is 45.0 Å². The third-order valence-electron chi connectivity index (χ3n) is 8.04. The highest BCUT2D eigenvalue weighted by molar-refractivity contribution is 7.90. The average molecular weight is 571 g/mol. The van der Waals surface area contributed by atoms with Crippen molar-refractivity contribution in [2.75, 3.05) is 12.4 Å². The van der Waals surface area contributed by atoms with Gasteiger partial charge in [0.25, 0.3) is 10.0 Å². The Labute approximate surface area is 228 Å². The van der Waals surface area contributed by atoms with Gasteiger partial charge in [0.2, 0.25) is 0 Å². The predicted octanol–water partition coefficient (Wildman–Crippen LogP) is 5.06. The Morgan fingerprint density at radius 2 is 1.80 bits per heavy atom. The summed E-state index contributed by atoms with van der Waals surface area (Å²) in [6.07, 6.45) is 4.57. The number of esters is 1. The number of benzene rings is 2. The van der Waals surface area contributed by atoms with Crippen LogP contribution >= 0.6 is 0 Å². The molecule has 0 amide bonds. The zero-order valence-corrected chi connectivity index (χ0v) is 22.4. The fourth-order valence-electron chi connectivity index (χ4n) is 6.17. The van der Waals surface area contributed by atoms with Crippen LogP contribution in [0.4, 0.5) is 19.0 Å². The van der Waals surface area contributed by atoms with Gasteiger partial charge < -0.3 is 10.1 Å². The van der Waals surface area contributed by atoms with Gasteiger partial charge in [0, 0.05) is 29.3 Å². The number of ether oxygens (including phenoxy) is 1. The van der Waals surface area contributed by atoms with Crippen LogP contribution < -0.4 is 5.32 Å². The molecule has 4 atom stereocenters. The molecule has 2 saturated carbocycles. The normalized spacial score (nSPS) is 22.1. The van der Waals surface area contributed by atoms with Gasteiger partial charge in [-0.25, -0.2) is 35.5 Å². The van der Waals surface area contributed by atoms with Crippen molar-refractivity contribution >= 4 is 32.7 Å². The van der Waals surface area contributed by atoms with Crippen LogP contribution in [-0.2, 0) is 19.6 Å². The van der Waals surface area contributed by atoms with Gasteiger partial charge in [0.15, 0.2) is 23.3 Å². The lowest BCUT2D eigenvalue weighted by atomic mass is 9.84. The molecule has 0 spiro atoms. The Morgan fingerprint density at radius 1 is 1.07 bits per heavy atom. The third kappa shape index (κ3) is 4.21. The van der Waals surface area contributed by atoms with Gasteiger partial charge in [0.1, 0.15) is 11.3 Å². The number of hydrogen-bond donors (Lipinski definition) is 1. The number of rotatable bonds is 6. The van der Waals surface area contributed by atoms with E-state index in [4.69, 9.17) is 4.74 Å². The van der Waals surface area contributed by atoms with Gasteiger partial charge in [0.05, 0.1) is 24.1 Å². The molecule has 2 bridgehead atoms. The van der Waals surface area contributed by atoms with Gasteiger partial charge >= 0.3 is 5.97 Å². The Balaban J connectivity index is 1.46. The Bertz CT molecular complexity index is 1760. The van der Waals surface area contributed by atoms with Gasteiger partial charge in [-0.05, 0) is 56.2 Å². The first-order valence-electron chi connectivity index (χ1n) is 12.8. The number of fused-ring (bicyclic) bond motifs is 3. The Morgan fingerprint density at radius 3 is 2.52 bits per heavy atom. The van der Waals surface area contributed by atoms with Gasteiger partial charge in [-0.3, -0.25) is 4.79 Å². The van der Waals surface area contributed by atoms with E-state index in [-0.39, 0.29) is 45.3 Å². The molecule has 6 rings (SSSR count). The molecular formula is C28H25F3N4O4S. The molecule has 2 heterocycles. The number of aryl methyl sites for hydroxylation is 1. The van der Waals surface area contributed by atoms with Gasteiger partial charge in [-0.15, -0.1) is 0 Å². The lowest BCUT2D eigenvalue weighted by Gasteiger charge is -2.30. The van der Waals surface area contributed by atoms with Crippen LogP contribution in [0.3, 0.4) is 0 Å². The summed E-state index contributed by atoms with van der Waals surface area (Å²) in [5, 5.41) is 2.96. The molecule has 2 aromatic heterocycles. The second-order valence-electron chi connectivity index (χ2n) is 10.4. The lowest BCUT2D eigenvalue weighted by molar-refractivity contribution is -0.147. The van der Waals surface area contributed by atoms with Crippen LogP contribution in [0.2, 0.25) is 0 Å². The first-order chi connectivity index (χ1) is 19.1. The maximum absolute atomic E-state index is 15.1. The second-order valence-corrected chi connectivity index (χ2v) is 12.2. The van der Waals surface area contributed by atoms with Crippen molar-refractivity contribution < 1.29 is 31.1 Å². The molecule has 2 fully saturated rings. The van der Waals surface area contributed by atoms with Crippen molar-refractivity contribution in [3.63, 3.8) is 0 Å².